The largest absolute Gasteiger partial charge is 0.497 e. The summed E-state index contributed by atoms with van der Waals surface area (Å²) < 4.78 is 18.6. The number of hydrogen-bond donors (Lipinski definition) is 2. The van der Waals surface area contributed by atoms with E-state index < -0.39 is 6.09 Å². The number of nitrogens with one attached hydrogen (secondary N) is 1. The van der Waals surface area contributed by atoms with E-state index in [0.29, 0.717) is 37.2 Å². The van der Waals surface area contributed by atoms with E-state index in [1.54, 1.807) is 14.2 Å². The van der Waals surface area contributed by atoms with E-state index in [2.05, 4.69) is 21.7 Å². The van der Waals surface area contributed by atoms with Gasteiger partial charge < -0.3 is 34.1 Å². The molecular weight excluding hydrogens is 558 g/mol. The molecule has 11 heteroatoms. The fourth-order valence-electron chi connectivity index (χ4n) is 4.83. The van der Waals surface area contributed by atoms with E-state index in [4.69, 9.17) is 40.9 Å². The van der Waals surface area contributed by atoms with Crippen LogP contribution in [-0.4, -0.2) is 59.7 Å². The van der Waals surface area contributed by atoms with Crippen LogP contribution in [0.5, 0.6) is 11.5 Å². The Morgan fingerprint density at radius 1 is 0.976 bits per heavy atom. The molecule has 0 bridgehead atoms. The van der Waals surface area contributed by atoms with Gasteiger partial charge in [0.15, 0.2) is 5.82 Å². The zero-order valence-electron chi connectivity index (χ0n) is 24.5. The molecule has 1 amide bonds. The second-order valence-electron chi connectivity index (χ2n) is 9.87. The lowest BCUT2D eigenvalue weighted by Crippen LogP contribution is -2.25. The van der Waals surface area contributed by atoms with Crippen LogP contribution >= 0.6 is 11.6 Å². The van der Waals surface area contributed by atoms with Gasteiger partial charge in [-0.1, -0.05) is 42.8 Å². The van der Waals surface area contributed by atoms with Gasteiger partial charge in [0.2, 0.25) is 0 Å². The molecule has 224 valence electrons. The van der Waals surface area contributed by atoms with Crippen LogP contribution in [-0.2, 0) is 30.8 Å². The number of rotatable bonds is 15. The topological polar surface area (TPSA) is 111 Å². The van der Waals surface area contributed by atoms with Gasteiger partial charge >= 0.3 is 6.09 Å². The smallest absolute Gasteiger partial charge is 0.404 e. The fraction of sp³-hybridized carbons (Fsp3) is 0.387. The molecule has 0 fully saturated rings. The molecule has 4 rings (SSSR count). The van der Waals surface area contributed by atoms with Crippen molar-refractivity contribution in [2.75, 3.05) is 38.9 Å². The third-order valence-corrected chi connectivity index (χ3v) is 7.32. The number of pyridine rings is 1. The first-order chi connectivity index (χ1) is 20.3. The van der Waals surface area contributed by atoms with Crippen LogP contribution in [0.3, 0.4) is 0 Å². The van der Waals surface area contributed by atoms with Crippen molar-refractivity contribution in [3.05, 3.63) is 76.2 Å². The number of aryl methyl sites for hydroxylation is 2. The molecule has 0 aliphatic carbocycles. The lowest BCUT2D eigenvalue weighted by Gasteiger charge is -2.25. The Morgan fingerprint density at radius 3 is 2.10 bits per heavy atom. The van der Waals surface area contributed by atoms with E-state index in [1.807, 2.05) is 55.5 Å². The summed E-state index contributed by atoms with van der Waals surface area (Å²) in [6.07, 6.45) is 0.635. The van der Waals surface area contributed by atoms with Crippen molar-refractivity contribution < 1.29 is 24.1 Å². The van der Waals surface area contributed by atoms with Crippen molar-refractivity contribution in [2.24, 2.45) is 0 Å². The maximum atomic E-state index is 10.7. The minimum absolute atomic E-state index is 0.229. The summed E-state index contributed by atoms with van der Waals surface area (Å²) in [7, 11) is 3.31. The predicted octanol–water partition coefficient (Wildman–Crippen LogP) is 5.85. The highest BCUT2D eigenvalue weighted by molar-refractivity contribution is 6.31. The van der Waals surface area contributed by atoms with Gasteiger partial charge in [-0.25, -0.2) is 14.8 Å². The first-order valence-corrected chi connectivity index (χ1v) is 14.3. The number of benzene rings is 2. The molecule has 42 heavy (non-hydrogen) atoms. The first-order valence-electron chi connectivity index (χ1n) is 13.9. The van der Waals surface area contributed by atoms with E-state index in [1.165, 1.54) is 0 Å². The number of carboxylic acid groups (broad SMARTS) is 1. The molecule has 0 spiro atoms. The summed E-state index contributed by atoms with van der Waals surface area (Å²) in [6, 6.07) is 16.0. The Kier molecular flexibility index (Phi) is 10.9. The summed E-state index contributed by atoms with van der Waals surface area (Å²) in [4.78, 5) is 22.9. The maximum Gasteiger partial charge on any atom is 0.404 e. The van der Waals surface area contributed by atoms with E-state index >= 15 is 0 Å². The number of methoxy groups -OCH3 is 2. The maximum absolute atomic E-state index is 10.7. The number of carbonyl (C=O) groups is 1. The molecule has 0 aliphatic heterocycles. The molecule has 10 nitrogen and oxygen atoms in total. The molecule has 4 aromatic rings. The standard InChI is InChI=1S/C31H38ClN5O5/c1-5-6-26-34-27-28(37(26)16-18-42-17-15-33-31(38)39)21(2)29(32)35-30(27)36(19-22-7-11-24(40-3)12-8-22)20-23-9-13-25(41-4)14-10-23/h7-14,33H,5-6,15-20H2,1-4H3,(H,38,39). The van der Waals surface area contributed by atoms with Crippen LogP contribution in [0.25, 0.3) is 11.0 Å². The molecule has 0 radical (unpaired) electrons. The molecule has 0 saturated heterocycles. The summed E-state index contributed by atoms with van der Waals surface area (Å²) in [5, 5.41) is 11.5. The number of nitrogens with zero attached hydrogens (tertiary/aromatic N) is 4. The quantitative estimate of drug-likeness (QED) is 0.130. The molecule has 2 aromatic heterocycles. The van der Waals surface area contributed by atoms with Crippen molar-refractivity contribution >= 4 is 34.5 Å². The minimum Gasteiger partial charge on any atom is -0.497 e. The summed E-state index contributed by atoms with van der Waals surface area (Å²) in [5.74, 6) is 3.23. The first kappa shape index (κ1) is 30.9. The molecular formula is C31H38ClN5O5. The van der Waals surface area contributed by atoms with E-state index in [-0.39, 0.29) is 13.2 Å². The molecule has 0 atom stereocenters. The number of imidazole rings is 1. The Bertz CT molecular complexity index is 1420. The number of fused-ring (bicyclic) bond motifs is 1. The van der Waals surface area contributed by atoms with Crippen molar-refractivity contribution in [1.29, 1.82) is 0 Å². The zero-order valence-corrected chi connectivity index (χ0v) is 25.3. The highest BCUT2D eigenvalue weighted by atomic mass is 35.5. The minimum atomic E-state index is -1.07. The van der Waals surface area contributed by atoms with Crippen molar-refractivity contribution in [3.8, 4) is 11.5 Å². The van der Waals surface area contributed by atoms with Gasteiger partial charge in [-0.05, 0) is 48.7 Å². The van der Waals surface area contributed by atoms with Crippen LogP contribution < -0.4 is 19.7 Å². The monoisotopic (exact) mass is 595 g/mol. The fourth-order valence-corrected chi connectivity index (χ4v) is 5.00. The van der Waals surface area contributed by atoms with E-state index in [0.717, 1.165) is 57.9 Å². The van der Waals surface area contributed by atoms with Crippen LogP contribution in [0.15, 0.2) is 48.5 Å². The van der Waals surface area contributed by atoms with Crippen molar-refractivity contribution in [2.45, 2.75) is 46.3 Å². The molecule has 0 saturated carbocycles. The number of amides is 1. The molecule has 2 N–H and O–H groups in total. The summed E-state index contributed by atoms with van der Waals surface area (Å²) in [6.45, 7) is 6.70. The highest BCUT2D eigenvalue weighted by Crippen LogP contribution is 2.34. The van der Waals surface area contributed by atoms with Gasteiger partial charge in [0, 0.05) is 38.2 Å². The van der Waals surface area contributed by atoms with Crippen LogP contribution in [0.1, 0.15) is 35.9 Å². The van der Waals surface area contributed by atoms with Gasteiger partial charge in [-0.15, -0.1) is 0 Å². The lowest BCUT2D eigenvalue weighted by atomic mass is 10.1. The van der Waals surface area contributed by atoms with E-state index in [9.17, 15) is 4.79 Å². The third kappa shape index (κ3) is 7.63. The average Bonchev–Trinajstić information content (AvgIpc) is 3.35. The molecule has 2 aromatic carbocycles. The molecule has 0 aliphatic rings. The number of hydrogen-bond acceptors (Lipinski definition) is 7. The number of ether oxygens (including phenoxy) is 3. The van der Waals surface area contributed by atoms with Crippen molar-refractivity contribution in [1.82, 2.24) is 19.9 Å². The number of anilines is 1. The van der Waals surface area contributed by atoms with Gasteiger partial charge in [0.25, 0.3) is 0 Å². The third-order valence-electron chi connectivity index (χ3n) is 6.95. The van der Waals surface area contributed by atoms with Crippen LogP contribution in [0.2, 0.25) is 5.15 Å². The SMILES string of the molecule is CCCc1nc2c(N(Cc3ccc(OC)cc3)Cc3ccc(OC)cc3)nc(Cl)c(C)c2n1CCOCCNC(=O)O. The molecule has 2 heterocycles. The summed E-state index contributed by atoms with van der Waals surface area (Å²) >= 11 is 6.81. The molecule has 0 unspecified atom stereocenters. The average molecular weight is 596 g/mol. The Labute approximate surface area is 251 Å². The normalized spacial score (nSPS) is 11.1. The van der Waals surface area contributed by atoms with Gasteiger partial charge in [0.1, 0.15) is 28.0 Å². The van der Waals surface area contributed by atoms with Crippen LogP contribution in [0.4, 0.5) is 10.6 Å². The second kappa shape index (κ2) is 14.7. The Hall–Kier alpha value is -4.02. The van der Waals surface area contributed by atoms with Gasteiger partial charge in [-0.2, -0.15) is 0 Å². The Morgan fingerprint density at radius 2 is 1.57 bits per heavy atom. The second-order valence-corrected chi connectivity index (χ2v) is 10.2. The lowest BCUT2D eigenvalue weighted by molar-refractivity contribution is 0.125. The van der Waals surface area contributed by atoms with Crippen molar-refractivity contribution in [3.63, 3.8) is 0 Å². The van der Waals surface area contributed by atoms with Gasteiger partial charge in [0.05, 0.1) is 33.0 Å². The van der Waals surface area contributed by atoms with Gasteiger partial charge in [-0.3, -0.25) is 0 Å². The number of halogens is 1. The zero-order chi connectivity index (χ0) is 30.1. The number of aromatic nitrogens is 3. The predicted molar refractivity (Wildman–Crippen MR) is 164 cm³/mol. The Balaban J connectivity index is 1.73. The van der Waals surface area contributed by atoms with Crippen LogP contribution in [0, 0.1) is 6.92 Å². The summed E-state index contributed by atoms with van der Waals surface area (Å²) in [5.41, 5.74) is 4.75. The highest BCUT2D eigenvalue weighted by Gasteiger charge is 2.23.